The molecule has 7 heteroatoms. The second-order valence-corrected chi connectivity index (χ2v) is 6.10. The second kappa shape index (κ2) is 5.72. The fraction of sp³-hybridized carbons (Fsp3) is 0.154. The molecule has 0 aliphatic heterocycles. The van der Waals surface area contributed by atoms with Crippen LogP contribution in [0.1, 0.15) is 26.5 Å². The lowest BCUT2D eigenvalue weighted by Crippen LogP contribution is -2.30. The minimum Gasteiger partial charge on any atom is -0.365 e. The maximum absolute atomic E-state index is 12.2. The van der Waals surface area contributed by atoms with Gasteiger partial charge in [0.1, 0.15) is 5.56 Å². The fourth-order valence-corrected chi connectivity index (χ4v) is 3.13. The molecule has 2 heterocycles. The molecule has 0 fully saturated rings. The first kappa shape index (κ1) is 14.7. The Labute approximate surface area is 127 Å². The third-order valence-corrected chi connectivity index (χ3v) is 4.32. The molecule has 104 valence electrons. The number of amides is 1. The molecule has 1 amide bonds. The molecule has 0 spiro atoms. The van der Waals surface area contributed by atoms with Gasteiger partial charge in [-0.3, -0.25) is 9.59 Å². The number of halogens is 1. The van der Waals surface area contributed by atoms with Crippen LogP contribution in [0.25, 0.3) is 0 Å². The summed E-state index contributed by atoms with van der Waals surface area (Å²) in [6.07, 6.45) is 1.57. The lowest BCUT2D eigenvalue weighted by atomic mass is 10.1. The zero-order valence-corrected chi connectivity index (χ0v) is 13.3. The molecule has 20 heavy (non-hydrogen) atoms. The number of hydrogen-bond donors (Lipinski definition) is 1. The van der Waals surface area contributed by atoms with Crippen LogP contribution in [0.4, 0.5) is 0 Å². The van der Waals surface area contributed by atoms with Crippen molar-refractivity contribution in [1.82, 2.24) is 4.68 Å². The van der Waals surface area contributed by atoms with Gasteiger partial charge >= 0.3 is 0 Å². The zero-order chi connectivity index (χ0) is 14.9. The molecule has 0 radical (unpaired) electrons. The Balaban J connectivity index is 2.52. The Kier molecular flexibility index (Phi) is 4.20. The van der Waals surface area contributed by atoms with Crippen LogP contribution in [0.3, 0.4) is 0 Å². The highest BCUT2D eigenvalue weighted by Gasteiger charge is 2.14. The summed E-state index contributed by atoms with van der Waals surface area (Å²) in [5.74, 6) is -0.740. The summed E-state index contributed by atoms with van der Waals surface area (Å²) >= 11 is 4.84. The van der Waals surface area contributed by atoms with Crippen molar-refractivity contribution < 1.29 is 4.79 Å². The van der Waals surface area contributed by atoms with Gasteiger partial charge in [-0.1, -0.05) is 0 Å². The van der Waals surface area contributed by atoms with E-state index >= 15 is 0 Å². The molecule has 2 aromatic rings. The van der Waals surface area contributed by atoms with E-state index in [4.69, 9.17) is 5.73 Å². The van der Waals surface area contributed by atoms with E-state index in [2.05, 4.69) is 21.0 Å². The van der Waals surface area contributed by atoms with Gasteiger partial charge in [-0.25, -0.2) is 4.68 Å². The van der Waals surface area contributed by atoms with Gasteiger partial charge in [-0.15, -0.1) is 11.3 Å². The summed E-state index contributed by atoms with van der Waals surface area (Å²) < 4.78 is 2.13. The Morgan fingerprint density at radius 2 is 2.15 bits per heavy atom. The Morgan fingerprint density at radius 3 is 2.70 bits per heavy atom. The Morgan fingerprint density at radius 1 is 1.45 bits per heavy atom. The zero-order valence-electron chi connectivity index (χ0n) is 10.9. The van der Waals surface area contributed by atoms with Crippen LogP contribution in [0.5, 0.6) is 0 Å². The number of pyridine rings is 1. The predicted molar refractivity (Wildman–Crippen MR) is 83.7 cm³/mol. The second-order valence-electron chi connectivity index (χ2n) is 4.24. The van der Waals surface area contributed by atoms with Crippen molar-refractivity contribution in [3.05, 3.63) is 54.0 Å². The molecule has 0 aliphatic rings. The van der Waals surface area contributed by atoms with E-state index in [1.165, 1.54) is 16.0 Å². The molecular weight excluding hydrogens is 342 g/mol. The van der Waals surface area contributed by atoms with Gasteiger partial charge in [-0.2, -0.15) is 5.10 Å². The summed E-state index contributed by atoms with van der Waals surface area (Å²) in [5.41, 5.74) is 5.91. The van der Waals surface area contributed by atoms with Gasteiger partial charge in [0.05, 0.1) is 6.21 Å². The molecule has 2 aromatic heterocycles. The van der Waals surface area contributed by atoms with Gasteiger partial charge in [0, 0.05) is 20.4 Å². The smallest absolute Gasteiger partial charge is 0.284 e. The molecule has 5 nitrogen and oxygen atoms in total. The maximum Gasteiger partial charge on any atom is 0.284 e. The van der Waals surface area contributed by atoms with Crippen LogP contribution in [-0.2, 0) is 0 Å². The quantitative estimate of drug-likeness (QED) is 0.859. The Hall–Kier alpha value is -1.73. The van der Waals surface area contributed by atoms with Crippen molar-refractivity contribution in [2.24, 2.45) is 10.8 Å². The highest BCUT2D eigenvalue weighted by molar-refractivity contribution is 9.10. The number of nitrogens with zero attached hydrogens (tertiary/aromatic N) is 2. The summed E-state index contributed by atoms with van der Waals surface area (Å²) in [7, 11) is 0. The SMILES string of the molecule is Cc1cc(C)n(/N=C\c2cc(Br)cs2)c(=O)c1C(N)=O. The summed E-state index contributed by atoms with van der Waals surface area (Å²) in [6.45, 7) is 3.43. The molecule has 0 aromatic carbocycles. The minimum absolute atomic E-state index is 0.0277. The van der Waals surface area contributed by atoms with Crippen LogP contribution in [-0.4, -0.2) is 16.8 Å². The van der Waals surface area contributed by atoms with E-state index in [0.29, 0.717) is 11.3 Å². The number of aromatic nitrogens is 1. The normalized spacial score (nSPS) is 11.2. The minimum atomic E-state index is -0.740. The molecular formula is C13H12BrN3O2S. The summed E-state index contributed by atoms with van der Waals surface area (Å²) in [6, 6.07) is 3.60. The van der Waals surface area contributed by atoms with Crippen molar-refractivity contribution in [3.63, 3.8) is 0 Å². The average Bonchev–Trinajstić information content (AvgIpc) is 2.73. The first-order chi connectivity index (χ1) is 9.40. The third kappa shape index (κ3) is 2.88. The van der Waals surface area contributed by atoms with E-state index in [9.17, 15) is 9.59 Å². The van der Waals surface area contributed by atoms with Crippen molar-refractivity contribution in [2.75, 3.05) is 0 Å². The third-order valence-electron chi connectivity index (χ3n) is 2.69. The lowest BCUT2D eigenvalue weighted by molar-refractivity contribution is 0.0997. The maximum atomic E-state index is 12.2. The van der Waals surface area contributed by atoms with Crippen LogP contribution in [0.15, 0.2) is 31.9 Å². The fourth-order valence-electron chi connectivity index (χ4n) is 1.84. The highest BCUT2D eigenvalue weighted by Crippen LogP contribution is 2.18. The molecule has 0 atom stereocenters. The molecule has 0 aliphatic carbocycles. The van der Waals surface area contributed by atoms with Gasteiger partial charge in [0.25, 0.3) is 11.5 Å². The number of carbonyl (C=O) groups excluding carboxylic acids is 1. The summed E-state index contributed by atoms with van der Waals surface area (Å²) in [4.78, 5) is 24.5. The van der Waals surface area contributed by atoms with Crippen molar-refractivity contribution >= 4 is 39.4 Å². The molecule has 2 N–H and O–H groups in total. The number of hydrogen-bond acceptors (Lipinski definition) is 4. The highest BCUT2D eigenvalue weighted by atomic mass is 79.9. The standard InChI is InChI=1S/C13H12BrN3O2S/c1-7-3-8(2)17(13(19)11(7)12(15)18)16-5-10-4-9(14)6-20-10/h3-6H,1-2H3,(H2,15,18)/b16-5-. The van der Waals surface area contributed by atoms with Gasteiger partial charge in [0.2, 0.25) is 0 Å². The van der Waals surface area contributed by atoms with Crippen molar-refractivity contribution in [1.29, 1.82) is 0 Å². The van der Waals surface area contributed by atoms with Crippen molar-refractivity contribution in [2.45, 2.75) is 13.8 Å². The molecule has 0 saturated heterocycles. The number of aryl methyl sites for hydroxylation is 2. The molecule has 0 saturated carbocycles. The van der Waals surface area contributed by atoms with Gasteiger partial charge in [0.15, 0.2) is 0 Å². The lowest BCUT2D eigenvalue weighted by Gasteiger charge is -2.07. The molecule has 0 unspecified atom stereocenters. The monoisotopic (exact) mass is 353 g/mol. The van der Waals surface area contributed by atoms with Crippen LogP contribution < -0.4 is 11.3 Å². The van der Waals surface area contributed by atoms with Crippen molar-refractivity contribution in [3.8, 4) is 0 Å². The first-order valence-electron chi connectivity index (χ1n) is 5.71. The van der Waals surface area contributed by atoms with Gasteiger partial charge < -0.3 is 5.73 Å². The number of rotatable bonds is 3. The van der Waals surface area contributed by atoms with Crippen LogP contribution in [0.2, 0.25) is 0 Å². The van der Waals surface area contributed by atoms with E-state index in [1.807, 2.05) is 11.4 Å². The van der Waals surface area contributed by atoms with E-state index < -0.39 is 11.5 Å². The van der Waals surface area contributed by atoms with Gasteiger partial charge in [-0.05, 0) is 47.5 Å². The first-order valence-corrected chi connectivity index (χ1v) is 7.39. The van der Waals surface area contributed by atoms with Crippen LogP contribution >= 0.6 is 27.3 Å². The van der Waals surface area contributed by atoms with Crippen LogP contribution in [0, 0.1) is 13.8 Å². The summed E-state index contributed by atoms with van der Waals surface area (Å²) in [5, 5.41) is 6.05. The van der Waals surface area contributed by atoms with E-state index in [-0.39, 0.29) is 5.56 Å². The average molecular weight is 354 g/mol. The topological polar surface area (TPSA) is 77.4 Å². The van der Waals surface area contributed by atoms with E-state index in [0.717, 1.165) is 9.35 Å². The largest absolute Gasteiger partial charge is 0.365 e. The Bertz CT molecular complexity index is 761. The predicted octanol–water partition coefficient (Wildman–Crippen LogP) is 2.27. The number of carbonyl (C=O) groups is 1. The number of thiophene rings is 1. The number of nitrogens with two attached hydrogens (primary N) is 1. The molecule has 0 bridgehead atoms. The van der Waals surface area contributed by atoms with E-state index in [1.54, 1.807) is 26.1 Å². The number of primary amides is 1. The molecule has 2 rings (SSSR count).